The monoisotopic (exact) mass is 836 g/mol. The fourth-order valence-corrected chi connectivity index (χ4v) is 9.19. The Kier molecular flexibility index (Phi) is 11.3. The average molecular weight is 837 g/mol. The highest BCUT2D eigenvalue weighted by atomic mass is 14.9. The number of allylic oxidation sites excluding steroid dienone is 1. The summed E-state index contributed by atoms with van der Waals surface area (Å²) in [6.07, 6.45) is 0.839. The summed E-state index contributed by atoms with van der Waals surface area (Å²) in [6, 6.07) is 79.1. The lowest BCUT2D eigenvalue weighted by Gasteiger charge is -2.34. The van der Waals surface area contributed by atoms with Gasteiger partial charge in [0.25, 0.3) is 0 Å². The van der Waals surface area contributed by atoms with E-state index in [4.69, 9.17) is 20.0 Å². The van der Waals surface area contributed by atoms with E-state index in [1.165, 1.54) is 39.0 Å². The molecule has 0 radical (unpaired) electrons. The van der Waals surface area contributed by atoms with E-state index in [0.717, 1.165) is 62.6 Å². The smallest absolute Gasteiger partial charge is 0.160 e. The van der Waals surface area contributed by atoms with E-state index in [9.17, 15) is 0 Å². The van der Waals surface area contributed by atoms with Gasteiger partial charge in [-0.05, 0) is 76.9 Å². The van der Waals surface area contributed by atoms with Gasteiger partial charge < -0.3 is 0 Å². The van der Waals surface area contributed by atoms with Crippen LogP contribution in [0.3, 0.4) is 0 Å². The van der Waals surface area contributed by atoms with Crippen molar-refractivity contribution in [2.24, 2.45) is 9.98 Å². The molecule has 1 heterocycles. The van der Waals surface area contributed by atoms with Gasteiger partial charge in [-0.1, -0.05) is 219 Å². The molecule has 10 rings (SSSR count). The average Bonchev–Trinajstić information content (AvgIpc) is 3.68. The lowest BCUT2D eigenvalue weighted by Crippen LogP contribution is -2.28. The number of rotatable bonds is 10. The quantitative estimate of drug-likeness (QED) is 0.102. The number of hydrogen-bond acceptors (Lipinski definition) is 3. The first-order chi connectivity index (χ1) is 32.0. The predicted octanol–water partition coefficient (Wildman–Crippen LogP) is 14.9. The molecule has 0 atom stereocenters. The van der Waals surface area contributed by atoms with E-state index in [0.29, 0.717) is 11.7 Å². The van der Waals surface area contributed by atoms with Crippen molar-refractivity contribution in [3.8, 4) is 45.0 Å². The topological polar surface area (TPSA) is 50.5 Å². The van der Waals surface area contributed by atoms with Gasteiger partial charge in [0.05, 0.1) is 22.5 Å². The Bertz CT molecular complexity index is 3110. The van der Waals surface area contributed by atoms with Crippen LogP contribution in [-0.2, 0) is 5.41 Å². The molecule has 0 spiro atoms. The highest BCUT2D eigenvalue weighted by Gasteiger charge is 2.46. The summed E-state index contributed by atoms with van der Waals surface area (Å²) in [4.78, 5) is 20.9. The van der Waals surface area contributed by atoms with E-state index >= 15 is 0 Å². The van der Waals surface area contributed by atoms with Crippen LogP contribution in [0.5, 0.6) is 0 Å². The van der Waals surface area contributed by atoms with E-state index in [2.05, 4.69) is 203 Å². The van der Waals surface area contributed by atoms with Gasteiger partial charge in [-0.2, -0.15) is 0 Å². The van der Waals surface area contributed by atoms with Gasteiger partial charge in [-0.15, -0.1) is 0 Å². The molecular weight excluding hydrogens is 789 g/mol. The molecule has 0 saturated carbocycles. The number of amidine groups is 1. The fourth-order valence-electron chi connectivity index (χ4n) is 9.19. The summed E-state index contributed by atoms with van der Waals surface area (Å²) in [5, 5.41) is 0. The van der Waals surface area contributed by atoms with Gasteiger partial charge in [-0.3, -0.25) is 0 Å². The SMILES string of the molecule is CC/C(C)=C(/N=C(\N=C(/C)c1ccc(-c2cc(-c3ccccc3)nc(-c3ccccc3)n2)cc1)c1ccccc1)c1ccc2c(c1)C(c1ccccc1)(c1ccccc1)c1ccccc1-2. The third-order valence-corrected chi connectivity index (χ3v) is 12.6. The molecule has 1 aromatic heterocycles. The standard InChI is InChI=1S/C61H48N4/c1-4-42(2)58(49-38-39-53-52-32-20-21-33-54(52)61(55(53)40-49,50-28-16-8-17-29-50)51-30-18-9-19-31-51)65-59(47-24-12-6-13-25-47)62-43(3)44-34-36-46(37-35-44)57-41-56(45-22-10-5-11-23-45)63-60(64-57)48-26-14-7-15-27-48/h5-41H,4H2,1-3H3/b58-42+,62-43+,65-59-. The van der Waals surface area contributed by atoms with E-state index in [1.807, 2.05) is 42.5 Å². The highest BCUT2D eigenvalue weighted by Crippen LogP contribution is 2.56. The zero-order valence-corrected chi connectivity index (χ0v) is 36.9. The fraction of sp³-hybridized carbons (Fsp3) is 0.0820. The number of aliphatic imine (C=N–C) groups is 2. The van der Waals surface area contributed by atoms with Crippen molar-refractivity contribution in [2.75, 3.05) is 0 Å². The molecule has 65 heavy (non-hydrogen) atoms. The van der Waals surface area contributed by atoms with E-state index in [1.54, 1.807) is 0 Å². The minimum absolute atomic E-state index is 0.513. The minimum atomic E-state index is -0.513. The molecule has 9 aromatic rings. The van der Waals surface area contributed by atoms with E-state index in [-0.39, 0.29) is 0 Å². The van der Waals surface area contributed by atoms with Crippen molar-refractivity contribution in [1.82, 2.24) is 9.97 Å². The first-order valence-electron chi connectivity index (χ1n) is 22.4. The van der Waals surface area contributed by atoms with Crippen LogP contribution < -0.4 is 0 Å². The number of hydrogen-bond donors (Lipinski definition) is 0. The summed E-state index contributed by atoms with van der Waals surface area (Å²) < 4.78 is 0. The Morgan fingerprint density at radius 2 is 0.923 bits per heavy atom. The summed E-state index contributed by atoms with van der Waals surface area (Å²) in [7, 11) is 0. The molecule has 0 unspecified atom stereocenters. The molecule has 0 N–H and O–H groups in total. The number of nitrogens with zero attached hydrogens (tertiary/aromatic N) is 4. The van der Waals surface area contributed by atoms with Gasteiger partial charge in [0, 0.05) is 33.5 Å². The molecule has 4 heteroatoms. The Balaban J connectivity index is 1.07. The predicted molar refractivity (Wildman–Crippen MR) is 270 cm³/mol. The van der Waals surface area contributed by atoms with Crippen LogP contribution in [0.1, 0.15) is 66.1 Å². The van der Waals surface area contributed by atoms with Gasteiger partial charge in [0.2, 0.25) is 0 Å². The van der Waals surface area contributed by atoms with Crippen LogP contribution in [0.15, 0.2) is 240 Å². The summed E-state index contributed by atoms with van der Waals surface area (Å²) >= 11 is 0. The molecule has 0 amide bonds. The highest BCUT2D eigenvalue weighted by molar-refractivity contribution is 6.13. The van der Waals surface area contributed by atoms with Crippen LogP contribution in [0.2, 0.25) is 0 Å². The van der Waals surface area contributed by atoms with Gasteiger partial charge in [-0.25, -0.2) is 20.0 Å². The van der Waals surface area contributed by atoms with Crippen LogP contribution in [0.4, 0.5) is 0 Å². The maximum atomic E-state index is 5.55. The molecular formula is C61H48N4. The number of benzene rings is 8. The van der Waals surface area contributed by atoms with Crippen LogP contribution >= 0.6 is 0 Å². The van der Waals surface area contributed by atoms with Crippen molar-refractivity contribution in [3.05, 3.63) is 269 Å². The Morgan fingerprint density at radius 3 is 1.52 bits per heavy atom. The third kappa shape index (κ3) is 7.85. The summed E-state index contributed by atoms with van der Waals surface area (Å²) in [5.74, 6) is 1.35. The lowest BCUT2D eigenvalue weighted by atomic mass is 9.67. The number of fused-ring (bicyclic) bond motifs is 3. The summed E-state index contributed by atoms with van der Waals surface area (Å²) in [6.45, 7) is 6.46. The number of aromatic nitrogens is 2. The lowest BCUT2D eigenvalue weighted by molar-refractivity contribution is 0.768. The second-order valence-corrected chi connectivity index (χ2v) is 16.5. The van der Waals surface area contributed by atoms with E-state index < -0.39 is 5.41 Å². The zero-order valence-electron chi connectivity index (χ0n) is 36.9. The Labute approximate surface area is 382 Å². The minimum Gasteiger partial charge on any atom is -0.233 e. The van der Waals surface area contributed by atoms with Crippen LogP contribution in [0, 0.1) is 0 Å². The van der Waals surface area contributed by atoms with Gasteiger partial charge in [0.1, 0.15) is 0 Å². The molecule has 0 saturated heterocycles. The Hall–Kier alpha value is -8.08. The van der Waals surface area contributed by atoms with Crippen molar-refractivity contribution in [2.45, 2.75) is 32.6 Å². The molecule has 1 aliphatic rings. The molecule has 0 aliphatic heterocycles. The maximum Gasteiger partial charge on any atom is 0.160 e. The van der Waals surface area contributed by atoms with Gasteiger partial charge in [0.15, 0.2) is 11.7 Å². The Morgan fingerprint density at radius 1 is 0.431 bits per heavy atom. The van der Waals surface area contributed by atoms with Crippen molar-refractivity contribution < 1.29 is 0 Å². The maximum absolute atomic E-state index is 5.55. The zero-order chi connectivity index (χ0) is 44.2. The molecule has 4 nitrogen and oxygen atoms in total. The molecule has 1 aliphatic carbocycles. The molecule has 312 valence electrons. The molecule has 0 bridgehead atoms. The van der Waals surface area contributed by atoms with Gasteiger partial charge >= 0.3 is 0 Å². The van der Waals surface area contributed by atoms with Crippen molar-refractivity contribution in [1.29, 1.82) is 0 Å². The summed E-state index contributed by atoms with van der Waals surface area (Å²) in [5.41, 5.74) is 17.7. The third-order valence-electron chi connectivity index (χ3n) is 12.6. The van der Waals surface area contributed by atoms with Crippen LogP contribution in [0.25, 0.3) is 50.7 Å². The largest absolute Gasteiger partial charge is 0.233 e. The first kappa shape index (κ1) is 41.0. The second-order valence-electron chi connectivity index (χ2n) is 16.5. The normalized spacial score (nSPS) is 13.5. The van der Waals surface area contributed by atoms with Crippen LogP contribution in [-0.4, -0.2) is 21.5 Å². The van der Waals surface area contributed by atoms with Crippen molar-refractivity contribution in [3.63, 3.8) is 0 Å². The first-order valence-corrected chi connectivity index (χ1v) is 22.4. The van der Waals surface area contributed by atoms with Crippen molar-refractivity contribution >= 4 is 17.2 Å². The second kappa shape index (κ2) is 18.0. The molecule has 8 aromatic carbocycles. The molecule has 0 fully saturated rings.